The van der Waals surface area contributed by atoms with Crippen LogP contribution in [0, 0.1) is 12.7 Å². The molecule has 2 heterocycles. The first-order chi connectivity index (χ1) is 14.5. The van der Waals surface area contributed by atoms with Crippen molar-refractivity contribution in [3.8, 4) is 5.75 Å². The Morgan fingerprint density at radius 2 is 2.06 bits per heavy atom. The predicted molar refractivity (Wildman–Crippen MR) is 133 cm³/mol. The van der Waals surface area contributed by atoms with Crippen molar-refractivity contribution in [1.29, 1.82) is 0 Å². The van der Waals surface area contributed by atoms with Gasteiger partial charge >= 0.3 is 0 Å². The molecular formula is C21H28FIN6OS. The molecule has 0 unspecified atom stereocenters. The number of aliphatic imine (C=N–C) groups is 1. The summed E-state index contributed by atoms with van der Waals surface area (Å²) >= 11 is 1.74. The summed E-state index contributed by atoms with van der Waals surface area (Å²) in [7, 11) is 3.86. The number of rotatable bonds is 9. The molecule has 1 aromatic carbocycles. The second kappa shape index (κ2) is 12.6. The minimum atomic E-state index is -0.360. The van der Waals surface area contributed by atoms with Crippen LogP contribution >= 0.6 is 35.3 Å². The molecule has 0 atom stereocenters. The molecule has 0 aliphatic heterocycles. The minimum Gasteiger partial charge on any atom is -0.489 e. The number of hydrogen-bond donors (Lipinski definition) is 1. The number of nitrogens with zero attached hydrogens (tertiary/aromatic N) is 5. The van der Waals surface area contributed by atoms with Crippen molar-refractivity contribution < 1.29 is 9.13 Å². The van der Waals surface area contributed by atoms with Crippen LogP contribution in [0.2, 0.25) is 0 Å². The first kappa shape index (κ1) is 25.1. The number of hydrogen-bond acceptors (Lipinski definition) is 5. The molecule has 168 valence electrons. The van der Waals surface area contributed by atoms with Gasteiger partial charge in [-0.3, -0.25) is 0 Å². The number of thiophene rings is 1. The van der Waals surface area contributed by atoms with E-state index in [0.29, 0.717) is 19.7 Å². The Bertz CT molecular complexity index is 963. The van der Waals surface area contributed by atoms with Gasteiger partial charge in [-0.2, -0.15) is 0 Å². The number of ether oxygens (including phenoxy) is 1. The Kier molecular flexibility index (Phi) is 10.2. The van der Waals surface area contributed by atoms with Crippen LogP contribution in [0.3, 0.4) is 0 Å². The summed E-state index contributed by atoms with van der Waals surface area (Å²) in [6.45, 7) is 3.97. The van der Waals surface area contributed by atoms with Crippen LogP contribution in [0.1, 0.15) is 16.5 Å². The lowest BCUT2D eigenvalue weighted by atomic mass is 10.3. The fraction of sp³-hybridized carbons (Fsp3) is 0.381. The third-order valence-corrected chi connectivity index (χ3v) is 5.61. The Balaban J connectivity index is 0.00000341. The van der Waals surface area contributed by atoms with E-state index in [9.17, 15) is 4.39 Å². The number of guanidine groups is 1. The zero-order chi connectivity index (χ0) is 21.3. The number of aryl methyl sites for hydroxylation is 1. The van der Waals surface area contributed by atoms with Crippen molar-refractivity contribution in [1.82, 2.24) is 25.0 Å². The smallest absolute Gasteiger partial charge is 0.194 e. The highest BCUT2D eigenvalue weighted by Gasteiger charge is 2.10. The Morgan fingerprint density at radius 3 is 2.74 bits per heavy atom. The van der Waals surface area contributed by atoms with E-state index >= 15 is 0 Å². The molecular weight excluding hydrogens is 530 g/mol. The van der Waals surface area contributed by atoms with Gasteiger partial charge in [0, 0.05) is 25.5 Å². The Labute approximate surface area is 203 Å². The maximum Gasteiger partial charge on any atom is 0.194 e. The largest absolute Gasteiger partial charge is 0.489 e. The molecule has 0 amide bonds. The van der Waals surface area contributed by atoms with Crippen molar-refractivity contribution in [3.05, 3.63) is 64.1 Å². The third-order valence-electron chi connectivity index (χ3n) is 4.67. The number of benzene rings is 1. The highest BCUT2D eigenvalue weighted by molar-refractivity contribution is 14.0. The molecule has 0 radical (unpaired) electrons. The molecule has 0 saturated carbocycles. The highest BCUT2D eigenvalue weighted by atomic mass is 127. The number of likely N-dealkylation sites (N-methyl/N-ethyl adjacent to an activating group) is 1. The van der Waals surface area contributed by atoms with E-state index in [1.54, 1.807) is 29.5 Å². The number of para-hydroxylation sites is 1. The molecule has 10 heteroatoms. The molecule has 0 saturated heterocycles. The van der Waals surface area contributed by atoms with Crippen LogP contribution in [-0.2, 0) is 20.0 Å². The first-order valence-electron chi connectivity index (χ1n) is 9.78. The van der Waals surface area contributed by atoms with E-state index in [4.69, 9.17) is 9.73 Å². The molecule has 0 aliphatic rings. The van der Waals surface area contributed by atoms with Gasteiger partial charge in [-0.15, -0.1) is 45.5 Å². The first-order valence-corrected chi connectivity index (χ1v) is 10.7. The van der Waals surface area contributed by atoms with Crippen LogP contribution in [0.4, 0.5) is 4.39 Å². The SMILES string of the molecule is Cc1nnc(CN=C(NCCc2cccs2)N(C)CCOc2ccccc2F)n1C.I. The van der Waals surface area contributed by atoms with E-state index in [0.717, 1.165) is 30.6 Å². The lowest BCUT2D eigenvalue weighted by Crippen LogP contribution is -2.41. The summed E-state index contributed by atoms with van der Waals surface area (Å²) in [6, 6.07) is 10.6. The molecule has 3 rings (SSSR count). The van der Waals surface area contributed by atoms with Gasteiger partial charge < -0.3 is 19.5 Å². The van der Waals surface area contributed by atoms with Crippen LogP contribution < -0.4 is 10.1 Å². The lowest BCUT2D eigenvalue weighted by molar-refractivity contribution is 0.270. The molecule has 2 aromatic heterocycles. The number of aromatic nitrogens is 3. The number of halogens is 2. The molecule has 31 heavy (non-hydrogen) atoms. The van der Waals surface area contributed by atoms with Crippen molar-refractivity contribution in [3.63, 3.8) is 0 Å². The monoisotopic (exact) mass is 558 g/mol. The zero-order valence-corrected chi connectivity index (χ0v) is 21.1. The van der Waals surface area contributed by atoms with Crippen LogP contribution in [0.5, 0.6) is 5.75 Å². The van der Waals surface area contributed by atoms with Gasteiger partial charge in [-0.25, -0.2) is 9.38 Å². The van der Waals surface area contributed by atoms with E-state index in [2.05, 4.69) is 33.0 Å². The Hall–Kier alpha value is -2.21. The molecule has 0 aliphatic carbocycles. The van der Waals surface area contributed by atoms with Crippen molar-refractivity contribution in [2.24, 2.45) is 12.0 Å². The average Bonchev–Trinajstić information content (AvgIpc) is 3.37. The van der Waals surface area contributed by atoms with Crippen LogP contribution in [-0.4, -0.2) is 52.4 Å². The molecule has 0 spiro atoms. The van der Waals surface area contributed by atoms with E-state index in [1.165, 1.54) is 10.9 Å². The van der Waals surface area contributed by atoms with Crippen molar-refractivity contribution in [2.75, 3.05) is 26.7 Å². The third kappa shape index (κ3) is 7.46. The van der Waals surface area contributed by atoms with E-state index in [1.807, 2.05) is 30.5 Å². The summed E-state index contributed by atoms with van der Waals surface area (Å²) in [4.78, 5) is 8.00. The van der Waals surface area contributed by atoms with Gasteiger partial charge in [-0.1, -0.05) is 18.2 Å². The lowest BCUT2D eigenvalue weighted by Gasteiger charge is -2.22. The van der Waals surface area contributed by atoms with Gasteiger partial charge in [0.2, 0.25) is 0 Å². The second-order valence-electron chi connectivity index (χ2n) is 6.82. The molecule has 0 bridgehead atoms. The standard InChI is InChI=1S/C21H27FN6OS.HI/c1-16-25-26-20(28(16)3)15-24-21(23-11-10-17-7-6-14-30-17)27(2)12-13-29-19-9-5-4-8-18(19)22;/h4-9,14H,10-13,15H2,1-3H3,(H,23,24);1H. The van der Waals surface area contributed by atoms with Crippen LogP contribution in [0.15, 0.2) is 46.8 Å². The van der Waals surface area contributed by atoms with Gasteiger partial charge in [0.15, 0.2) is 23.4 Å². The fourth-order valence-electron chi connectivity index (χ4n) is 2.76. The van der Waals surface area contributed by atoms with Crippen molar-refractivity contribution >= 4 is 41.3 Å². The fourth-order valence-corrected chi connectivity index (χ4v) is 3.47. The van der Waals surface area contributed by atoms with Gasteiger partial charge in [-0.05, 0) is 36.9 Å². The van der Waals surface area contributed by atoms with Gasteiger partial charge in [0.25, 0.3) is 0 Å². The summed E-state index contributed by atoms with van der Waals surface area (Å²) in [5.74, 6) is 2.27. The zero-order valence-electron chi connectivity index (χ0n) is 17.9. The number of nitrogens with one attached hydrogen (secondary N) is 1. The highest BCUT2D eigenvalue weighted by Crippen LogP contribution is 2.15. The molecule has 3 aromatic rings. The average molecular weight is 558 g/mol. The quantitative estimate of drug-likeness (QED) is 0.247. The van der Waals surface area contributed by atoms with Gasteiger partial charge in [0.05, 0.1) is 6.54 Å². The maximum atomic E-state index is 13.7. The van der Waals surface area contributed by atoms with Crippen LogP contribution in [0.25, 0.3) is 0 Å². The Morgan fingerprint density at radius 1 is 1.26 bits per heavy atom. The topological polar surface area (TPSA) is 67.6 Å². The maximum absolute atomic E-state index is 13.7. The van der Waals surface area contributed by atoms with Crippen molar-refractivity contribution in [2.45, 2.75) is 19.9 Å². The summed E-state index contributed by atoms with van der Waals surface area (Å²) in [6.07, 6.45) is 0.916. The minimum absolute atomic E-state index is 0. The summed E-state index contributed by atoms with van der Waals surface area (Å²) in [5.41, 5.74) is 0. The molecule has 7 nitrogen and oxygen atoms in total. The molecule has 0 fully saturated rings. The van der Waals surface area contributed by atoms with E-state index in [-0.39, 0.29) is 35.5 Å². The molecule has 1 N–H and O–H groups in total. The van der Waals surface area contributed by atoms with Gasteiger partial charge in [0.1, 0.15) is 19.0 Å². The summed E-state index contributed by atoms with van der Waals surface area (Å²) < 4.78 is 21.2. The second-order valence-corrected chi connectivity index (χ2v) is 7.85. The van der Waals surface area contributed by atoms with E-state index < -0.39 is 0 Å². The normalized spacial score (nSPS) is 11.2. The predicted octanol–water partition coefficient (Wildman–Crippen LogP) is 3.64. The summed E-state index contributed by atoms with van der Waals surface area (Å²) in [5, 5.41) is 13.7.